The van der Waals surface area contributed by atoms with Crippen molar-refractivity contribution in [1.82, 2.24) is 0 Å². The average molecular weight is 284 g/mol. The molecule has 1 aliphatic rings. The average Bonchev–Trinajstić information content (AvgIpc) is 2.42. The van der Waals surface area contributed by atoms with Crippen LogP contribution in [0.25, 0.3) is 0 Å². The number of benzene rings is 1. The number of hydrogen-bond donors (Lipinski definition) is 1. The summed E-state index contributed by atoms with van der Waals surface area (Å²) in [6.45, 7) is 6.32. The molecule has 0 atom stereocenters. The summed E-state index contributed by atoms with van der Waals surface area (Å²) in [5.74, 6) is -0.137. The van der Waals surface area contributed by atoms with Crippen LogP contribution in [-0.4, -0.2) is 45.8 Å². The van der Waals surface area contributed by atoms with E-state index in [-0.39, 0.29) is 5.97 Å². The first kappa shape index (κ1) is 14.2. The second kappa shape index (κ2) is 6.26. The topological polar surface area (TPSA) is 34.0 Å². The van der Waals surface area contributed by atoms with Crippen molar-refractivity contribution in [2.75, 3.05) is 44.7 Å². The molecule has 19 heavy (non-hydrogen) atoms. The van der Waals surface area contributed by atoms with Gasteiger partial charge < -0.3 is 14.5 Å². The Morgan fingerprint density at radius 1 is 1.42 bits per heavy atom. The minimum Gasteiger partial charge on any atom is -0.465 e. The number of carbonyl (C=O) groups is 1. The molecule has 0 unspecified atom stereocenters. The minimum absolute atomic E-state index is 0.137. The lowest BCUT2D eigenvalue weighted by Gasteiger charge is -2.34. The van der Waals surface area contributed by atoms with Crippen LogP contribution in [0.5, 0.6) is 0 Å². The van der Waals surface area contributed by atoms with E-state index in [0.717, 1.165) is 31.2 Å². The molecular weight excluding hydrogens is 264 g/mol. The summed E-state index contributed by atoms with van der Waals surface area (Å²) in [5.41, 5.74) is 2.44. The number of esters is 1. The van der Waals surface area contributed by atoms with Crippen LogP contribution >= 0.6 is 11.6 Å². The molecule has 1 saturated heterocycles. The highest BCUT2D eigenvalue weighted by Crippen LogP contribution is 2.24. The molecule has 4 nitrogen and oxygen atoms in total. The smallest absolute Gasteiger partial charge is 0.361 e. The monoisotopic (exact) mass is 283 g/mol. The van der Waals surface area contributed by atoms with Crippen LogP contribution in [0.2, 0.25) is 5.02 Å². The summed E-state index contributed by atoms with van der Waals surface area (Å²) in [6.07, 6.45) is 0. The van der Waals surface area contributed by atoms with Crippen molar-refractivity contribution >= 4 is 23.3 Å². The third-order valence-corrected chi connectivity index (χ3v) is 3.84. The number of nitrogens with zero attached hydrogens (tertiary/aromatic N) is 1. The fraction of sp³-hybridized carbons (Fsp3) is 0.500. The lowest BCUT2D eigenvalue weighted by atomic mass is 10.1. The molecule has 5 heteroatoms. The van der Waals surface area contributed by atoms with Crippen molar-refractivity contribution in [3.05, 3.63) is 28.8 Å². The molecular formula is C14H20ClN2O2+. The summed E-state index contributed by atoms with van der Waals surface area (Å²) < 4.78 is 4.71. The van der Waals surface area contributed by atoms with E-state index in [1.54, 1.807) is 0 Å². The highest BCUT2D eigenvalue weighted by atomic mass is 35.5. The predicted octanol–water partition coefficient (Wildman–Crippen LogP) is 0.526. The van der Waals surface area contributed by atoms with Gasteiger partial charge in [0, 0.05) is 10.7 Å². The van der Waals surface area contributed by atoms with E-state index in [1.165, 1.54) is 23.3 Å². The molecule has 1 aromatic rings. The molecule has 1 N–H and O–H groups in total. The number of carbonyl (C=O) groups excluding carboxylic acids is 1. The van der Waals surface area contributed by atoms with Crippen LogP contribution in [0.3, 0.4) is 0 Å². The first-order valence-electron chi connectivity index (χ1n) is 6.51. The van der Waals surface area contributed by atoms with Crippen LogP contribution in [0.15, 0.2) is 18.2 Å². The maximum absolute atomic E-state index is 11.3. The maximum atomic E-state index is 11.3. The fourth-order valence-corrected chi connectivity index (χ4v) is 2.61. The fourth-order valence-electron chi connectivity index (χ4n) is 2.44. The second-order valence-corrected chi connectivity index (χ2v) is 5.36. The highest BCUT2D eigenvalue weighted by molar-refractivity contribution is 6.30. The van der Waals surface area contributed by atoms with Gasteiger partial charge in [-0.2, -0.15) is 0 Å². The van der Waals surface area contributed by atoms with Crippen molar-refractivity contribution in [3.8, 4) is 0 Å². The number of rotatable bonds is 3. The number of hydrogen-bond acceptors (Lipinski definition) is 3. The first-order chi connectivity index (χ1) is 9.10. The second-order valence-electron chi connectivity index (χ2n) is 4.92. The molecule has 1 aliphatic heterocycles. The zero-order valence-electron chi connectivity index (χ0n) is 11.4. The number of methoxy groups -OCH3 is 1. The molecule has 1 aromatic carbocycles. The summed E-state index contributed by atoms with van der Waals surface area (Å²) in [6, 6.07) is 5.98. The number of aryl methyl sites for hydroxylation is 1. The van der Waals surface area contributed by atoms with E-state index < -0.39 is 0 Å². The normalized spacial score (nSPS) is 16.5. The van der Waals surface area contributed by atoms with Crippen molar-refractivity contribution in [1.29, 1.82) is 0 Å². The molecule has 1 fully saturated rings. The van der Waals surface area contributed by atoms with Crippen LogP contribution in [-0.2, 0) is 9.53 Å². The Balaban J connectivity index is 1.96. The Morgan fingerprint density at radius 2 is 2.11 bits per heavy atom. The van der Waals surface area contributed by atoms with E-state index in [1.807, 2.05) is 18.2 Å². The van der Waals surface area contributed by atoms with Gasteiger partial charge in [-0.3, -0.25) is 0 Å². The first-order valence-corrected chi connectivity index (χ1v) is 6.89. The van der Waals surface area contributed by atoms with Gasteiger partial charge in [0.15, 0.2) is 6.54 Å². The van der Waals surface area contributed by atoms with Gasteiger partial charge in [0.2, 0.25) is 0 Å². The van der Waals surface area contributed by atoms with Crippen LogP contribution < -0.4 is 9.80 Å². The summed E-state index contributed by atoms with van der Waals surface area (Å²) in [5, 5.41) is 0.768. The SMILES string of the molecule is COC(=O)C[NH+]1CCN(c2cc(Cl)ccc2C)CC1. The van der Waals surface area contributed by atoms with Gasteiger partial charge in [0.1, 0.15) is 0 Å². The quantitative estimate of drug-likeness (QED) is 0.822. The Bertz CT molecular complexity index is 457. The Hall–Kier alpha value is -1.26. The van der Waals surface area contributed by atoms with Crippen molar-refractivity contribution in [2.24, 2.45) is 0 Å². The molecule has 0 saturated carbocycles. The van der Waals surface area contributed by atoms with E-state index in [2.05, 4.69) is 11.8 Å². The van der Waals surface area contributed by atoms with Gasteiger partial charge >= 0.3 is 5.97 Å². The number of piperazine rings is 1. The van der Waals surface area contributed by atoms with E-state index in [9.17, 15) is 4.79 Å². The van der Waals surface area contributed by atoms with Crippen LogP contribution in [0.1, 0.15) is 5.56 Å². The number of ether oxygens (including phenoxy) is 1. The molecule has 0 radical (unpaired) electrons. The maximum Gasteiger partial charge on any atom is 0.361 e. The number of nitrogens with one attached hydrogen (secondary N) is 1. The summed E-state index contributed by atoms with van der Waals surface area (Å²) in [7, 11) is 1.44. The Labute approximate surface area is 118 Å². The van der Waals surface area contributed by atoms with Gasteiger partial charge in [0.05, 0.1) is 33.3 Å². The summed E-state index contributed by atoms with van der Waals surface area (Å²) in [4.78, 5) is 14.9. The number of quaternary nitrogens is 1. The Kier molecular flexibility index (Phi) is 4.66. The molecule has 2 rings (SSSR count). The molecule has 0 bridgehead atoms. The molecule has 104 valence electrons. The van der Waals surface area contributed by atoms with Crippen molar-refractivity contribution < 1.29 is 14.4 Å². The molecule has 0 aromatic heterocycles. The Morgan fingerprint density at radius 3 is 2.74 bits per heavy atom. The van der Waals surface area contributed by atoms with E-state index >= 15 is 0 Å². The zero-order valence-corrected chi connectivity index (χ0v) is 12.2. The zero-order chi connectivity index (χ0) is 13.8. The van der Waals surface area contributed by atoms with Gasteiger partial charge in [-0.15, -0.1) is 0 Å². The summed E-state index contributed by atoms with van der Waals surface area (Å²) >= 11 is 6.06. The lowest BCUT2D eigenvalue weighted by molar-refractivity contribution is -0.893. The minimum atomic E-state index is -0.137. The third-order valence-electron chi connectivity index (χ3n) is 3.60. The van der Waals surface area contributed by atoms with Gasteiger partial charge in [-0.05, 0) is 24.6 Å². The predicted molar refractivity (Wildman–Crippen MR) is 76.0 cm³/mol. The van der Waals surface area contributed by atoms with E-state index in [0.29, 0.717) is 6.54 Å². The number of halogens is 1. The standard InChI is InChI=1S/C14H19ClN2O2/c1-11-3-4-12(15)9-13(11)17-7-5-16(6-8-17)10-14(18)19-2/h3-4,9H,5-8,10H2,1-2H3/p+1. The molecule has 0 spiro atoms. The van der Waals surface area contributed by atoms with Crippen LogP contribution in [0.4, 0.5) is 5.69 Å². The number of anilines is 1. The highest BCUT2D eigenvalue weighted by Gasteiger charge is 2.23. The van der Waals surface area contributed by atoms with Crippen LogP contribution in [0, 0.1) is 6.92 Å². The van der Waals surface area contributed by atoms with Gasteiger partial charge in [-0.1, -0.05) is 17.7 Å². The largest absolute Gasteiger partial charge is 0.465 e. The van der Waals surface area contributed by atoms with Gasteiger partial charge in [0.25, 0.3) is 0 Å². The van der Waals surface area contributed by atoms with Gasteiger partial charge in [-0.25, -0.2) is 4.79 Å². The molecule has 0 aliphatic carbocycles. The molecule has 1 heterocycles. The van der Waals surface area contributed by atoms with Crippen molar-refractivity contribution in [2.45, 2.75) is 6.92 Å². The third kappa shape index (κ3) is 3.61. The van der Waals surface area contributed by atoms with E-state index in [4.69, 9.17) is 16.3 Å². The molecule has 0 amide bonds. The van der Waals surface area contributed by atoms with Crippen molar-refractivity contribution in [3.63, 3.8) is 0 Å². The lowest BCUT2D eigenvalue weighted by Crippen LogP contribution is -3.15.